The quantitative estimate of drug-likeness (QED) is 0.813. The van der Waals surface area contributed by atoms with Gasteiger partial charge in [0.05, 0.1) is 6.04 Å². The van der Waals surface area contributed by atoms with E-state index in [1.807, 2.05) is 31.2 Å². The van der Waals surface area contributed by atoms with Crippen molar-refractivity contribution in [1.82, 2.24) is 5.32 Å². The molecule has 0 aliphatic rings. The van der Waals surface area contributed by atoms with Crippen LogP contribution in [0.4, 0.5) is 8.78 Å². The summed E-state index contributed by atoms with van der Waals surface area (Å²) in [5, 5.41) is 2.55. The van der Waals surface area contributed by atoms with Crippen molar-refractivity contribution in [2.75, 3.05) is 6.54 Å². The molecule has 0 saturated heterocycles. The first-order chi connectivity index (χ1) is 8.49. The maximum Gasteiger partial charge on any atom is 0.240 e. The summed E-state index contributed by atoms with van der Waals surface area (Å²) in [5.41, 5.74) is 7.58. The van der Waals surface area contributed by atoms with Crippen molar-refractivity contribution in [3.05, 3.63) is 35.4 Å². The molecule has 0 fully saturated rings. The van der Waals surface area contributed by atoms with Crippen LogP contribution in [0.25, 0.3) is 0 Å². The minimum atomic E-state index is -2.55. The van der Waals surface area contributed by atoms with Gasteiger partial charge in [0.15, 0.2) is 0 Å². The van der Waals surface area contributed by atoms with E-state index in [0.717, 1.165) is 5.56 Å². The van der Waals surface area contributed by atoms with Gasteiger partial charge >= 0.3 is 0 Å². The first-order valence-corrected chi connectivity index (χ1v) is 5.86. The van der Waals surface area contributed by atoms with Crippen LogP contribution in [-0.2, 0) is 11.2 Å². The molecule has 1 aromatic carbocycles. The topological polar surface area (TPSA) is 55.1 Å². The minimum Gasteiger partial charge on any atom is -0.354 e. The third-order valence-corrected chi connectivity index (χ3v) is 2.60. The molecule has 100 valence electrons. The van der Waals surface area contributed by atoms with Crippen LogP contribution in [0.5, 0.6) is 0 Å². The fourth-order valence-corrected chi connectivity index (χ4v) is 1.51. The maximum atomic E-state index is 12.0. The van der Waals surface area contributed by atoms with Crippen molar-refractivity contribution < 1.29 is 13.6 Å². The molecule has 0 aliphatic carbocycles. The number of halogens is 2. The van der Waals surface area contributed by atoms with Gasteiger partial charge in [-0.3, -0.25) is 4.79 Å². The smallest absolute Gasteiger partial charge is 0.240 e. The second-order valence-corrected chi connectivity index (χ2v) is 4.26. The standard InChI is InChI=1S/C13H18F2N2O/c1-9-2-4-10(5-3-9)6-7-17-13(18)11(16)8-12(14)15/h2-5,11-12H,6-8,16H2,1H3,(H,17,18). The Kier molecular flexibility index (Phi) is 5.71. The Morgan fingerprint density at radius 3 is 2.50 bits per heavy atom. The third kappa shape index (κ3) is 5.23. The van der Waals surface area contributed by atoms with E-state index in [2.05, 4.69) is 5.32 Å². The van der Waals surface area contributed by atoms with Crippen molar-refractivity contribution >= 4 is 5.91 Å². The lowest BCUT2D eigenvalue weighted by Crippen LogP contribution is -2.42. The van der Waals surface area contributed by atoms with Gasteiger partial charge in [0, 0.05) is 13.0 Å². The Hall–Kier alpha value is -1.49. The number of hydrogen-bond donors (Lipinski definition) is 2. The summed E-state index contributed by atoms with van der Waals surface area (Å²) in [6.45, 7) is 2.40. The molecule has 1 amide bonds. The highest BCUT2D eigenvalue weighted by atomic mass is 19.3. The van der Waals surface area contributed by atoms with Crippen LogP contribution < -0.4 is 11.1 Å². The Bertz CT molecular complexity index is 379. The van der Waals surface area contributed by atoms with E-state index in [-0.39, 0.29) is 0 Å². The predicted molar refractivity (Wildman–Crippen MR) is 66.5 cm³/mol. The van der Waals surface area contributed by atoms with Crippen LogP contribution in [0.2, 0.25) is 0 Å². The highest BCUT2D eigenvalue weighted by Crippen LogP contribution is 2.04. The largest absolute Gasteiger partial charge is 0.354 e. The molecular weight excluding hydrogens is 238 g/mol. The van der Waals surface area contributed by atoms with E-state index in [1.165, 1.54) is 5.56 Å². The van der Waals surface area contributed by atoms with Crippen molar-refractivity contribution in [2.45, 2.75) is 32.2 Å². The lowest BCUT2D eigenvalue weighted by molar-refractivity contribution is -0.123. The highest BCUT2D eigenvalue weighted by Gasteiger charge is 2.17. The van der Waals surface area contributed by atoms with Gasteiger partial charge in [0.1, 0.15) is 0 Å². The molecule has 0 bridgehead atoms. The normalized spacial score (nSPS) is 12.5. The Labute approximate surface area is 105 Å². The molecule has 1 atom stereocenters. The van der Waals surface area contributed by atoms with E-state index < -0.39 is 24.8 Å². The summed E-state index contributed by atoms with van der Waals surface area (Å²) in [6.07, 6.45) is -2.49. The predicted octanol–water partition coefficient (Wildman–Crippen LogP) is 1.64. The SMILES string of the molecule is Cc1ccc(CCNC(=O)C(N)CC(F)F)cc1. The van der Waals surface area contributed by atoms with Crippen LogP contribution >= 0.6 is 0 Å². The summed E-state index contributed by atoms with van der Waals surface area (Å²) in [4.78, 5) is 11.4. The number of amides is 1. The van der Waals surface area contributed by atoms with Crippen LogP contribution in [0.3, 0.4) is 0 Å². The lowest BCUT2D eigenvalue weighted by atomic mass is 10.1. The molecule has 3 nitrogen and oxygen atoms in total. The van der Waals surface area contributed by atoms with E-state index in [9.17, 15) is 13.6 Å². The number of aryl methyl sites for hydroxylation is 1. The molecule has 1 rings (SSSR count). The second kappa shape index (κ2) is 7.06. The first kappa shape index (κ1) is 14.6. The molecule has 1 unspecified atom stereocenters. The van der Waals surface area contributed by atoms with E-state index in [4.69, 9.17) is 5.73 Å². The molecule has 0 aromatic heterocycles. The summed E-state index contributed by atoms with van der Waals surface area (Å²) >= 11 is 0. The molecule has 0 spiro atoms. The van der Waals surface area contributed by atoms with Crippen molar-refractivity contribution in [1.29, 1.82) is 0 Å². The van der Waals surface area contributed by atoms with Crippen molar-refractivity contribution in [2.24, 2.45) is 5.73 Å². The van der Waals surface area contributed by atoms with Gasteiger partial charge in [-0.2, -0.15) is 0 Å². The Balaban J connectivity index is 2.29. The van der Waals surface area contributed by atoms with Gasteiger partial charge in [-0.15, -0.1) is 0 Å². The summed E-state index contributed by atoms with van der Waals surface area (Å²) in [7, 11) is 0. The average Bonchev–Trinajstić information content (AvgIpc) is 2.30. The van der Waals surface area contributed by atoms with E-state index in [1.54, 1.807) is 0 Å². The molecule has 0 saturated carbocycles. The fourth-order valence-electron chi connectivity index (χ4n) is 1.51. The molecule has 0 heterocycles. The van der Waals surface area contributed by atoms with E-state index in [0.29, 0.717) is 13.0 Å². The van der Waals surface area contributed by atoms with Crippen molar-refractivity contribution in [3.63, 3.8) is 0 Å². The summed E-state index contributed by atoms with van der Waals surface area (Å²) < 4.78 is 24.0. The number of benzene rings is 1. The van der Waals surface area contributed by atoms with Crippen LogP contribution in [0, 0.1) is 6.92 Å². The molecular formula is C13H18F2N2O. The minimum absolute atomic E-state index is 0.402. The van der Waals surface area contributed by atoms with Crippen LogP contribution in [0.1, 0.15) is 17.5 Å². The number of nitrogens with two attached hydrogens (primary N) is 1. The Morgan fingerprint density at radius 1 is 1.33 bits per heavy atom. The van der Waals surface area contributed by atoms with Crippen molar-refractivity contribution in [3.8, 4) is 0 Å². The average molecular weight is 256 g/mol. The molecule has 5 heteroatoms. The van der Waals surface area contributed by atoms with Crippen LogP contribution in [-0.4, -0.2) is 24.9 Å². The van der Waals surface area contributed by atoms with Gasteiger partial charge in [-0.25, -0.2) is 8.78 Å². The lowest BCUT2D eigenvalue weighted by Gasteiger charge is -2.11. The monoisotopic (exact) mass is 256 g/mol. The van der Waals surface area contributed by atoms with Gasteiger partial charge < -0.3 is 11.1 Å². The number of carbonyl (C=O) groups is 1. The van der Waals surface area contributed by atoms with Crippen LogP contribution in [0.15, 0.2) is 24.3 Å². The zero-order valence-electron chi connectivity index (χ0n) is 10.3. The second-order valence-electron chi connectivity index (χ2n) is 4.26. The number of rotatable bonds is 6. The number of alkyl halides is 2. The number of hydrogen-bond acceptors (Lipinski definition) is 2. The first-order valence-electron chi connectivity index (χ1n) is 5.86. The molecule has 1 aromatic rings. The molecule has 18 heavy (non-hydrogen) atoms. The Morgan fingerprint density at radius 2 is 1.94 bits per heavy atom. The molecule has 0 aliphatic heterocycles. The molecule has 0 radical (unpaired) electrons. The highest BCUT2D eigenvalue weighted by molar-refractivity contribution is 5.81. The fraction of sp³-hybridized carbons (Fsp3) is 0.462. The van der Waals surface area contributed by atoms with Gasteiger partial charge in [0.2, 0.25) is 12.3 Å². The summed E-state index contributed by atoms with van der Waals surface area (Å²) in [6, 6.07) is 6.78. The van der Waals surface area contributed by atoms with Gasteiger partial charge in [-0.1, -0.05) is 29.8 Å². The number of nitrogens with one attached hydrogen (secondary N) is 1. The summed E-state index contributed by atoms with van der Waals surface area (Å²) in [5.74, 6) is -0.526. The third-order valence-electron chi connectivity index (χ3n) is 2.60. The zero-order valence-corrected chi connectivity index (χ0v) is 10.3. The van der Waals surface area contributed by atoms with E-state index >= 15 is 0 Å². The molecule has 3 N–H and O–H groups in total. The van der Waals surface area contributed by atoms with Gasteiger partial charge in [-0.05, 0) is 18.9 Å². The number of carbonyl (C=O) groups excluding carboxylic acids is 1. The zero-order chi connectivity index (χ0) is 13.5. The van der Waals surface area contributed by atoms with Gasteiger partial charge in [0.25, 0.3) is 0 Å². The maximum absolute atomic E-state index is 12.0.